The van der Waals surface area contributed by atoms with Crippen molar-refractivity contribution in [3.8, 4) is 17.2 Å². The van der Waals surface area contributed by atoms with Crippen LogP contribution in [0.25, 0.3) is 0 Å². The van der Waals surface area contributed by atoms with Gasteiger partial charge in [0, 0.05) is 11.5 Å². The van der Waals surface area contributed by atoms with Crippen LogP contribution in [0.3, 0.4) is 0 Å². The molecule has 2 atom stereocenters. The van der Waals surface area contributed by atoms with Crippen LogP contribution in [0.15, 0.2) is 41.3 Å². The fraction of sp³-hybridized carbons (Fsp3) is 0.478. The normalized spacial score (nSPS) is 19.7. The van der Waals surface area contributed by atoms with E-state index in [1.807, 2.05) is 19.1 Å². The molecule has 6 nitrogen and oxygen atoms in total. The van der Waals surface area contributed by atoms with E-state index in [9.17, 15) is 8.42 Å². The largest absolute Gasteiger partial charge is 0.493 e. The first-order chi connectivity index (χ1) is 14.4. The highest BCUT2D eigenvalue weighted by Crippen LogP contribution is 2.46. The topological polar surface area (TPSA) is 71.1 Å². The molecule has 0 aromatic heterocycles. The number of benzene rings is 2. The third kappa shape index (κ3) is 4.73. The predicted molar refractivity (Wildman–Crippen MR) is 115 cm³/mol. The molecule has 2 aromatic carbocycles. The lowest BCUT2D eigenvalue weighted by molar-refractivity contribution is 0.166. The number of hydrogen-bond donors (Lipinski definition) is 0. The lowest BCUT2D eigenvalue weighted by Gasteiger charge is -2.27. The number of ether oxygens (including phenoxy) is 3. The van der Waals surface area contributed by atoms with Gasteiger partial charge in [-0.15, -0.1) is 0 Å². The summed E-state index contributed by atoms with van der Waals surface area (Å²) < 4.78 is 48.4. The van der Waals surface area contributed by atoms with E-state index in [1.165, 1.54) is 0 Å². The fourth-order valence-corrected chi connectivity index (χ4v) is 5.22. The van der Waals surface area contributed by atoms with Gasteiger partial charge in [-0.25, -0.2) is 0 Å². The molecule has 30 heavy (non-hydrogen) atoms. The quantitative estimate of drug-likeness (QED) is 0.459. The molecule has 2 unspecified atom stereocenters. The Morgan fingerprint density at radius 3 is 2.10 bits per heavy atom. The van der Waals surface area contributed by atoms with Crippen LogP contribution in [0.2, 0.25) is 0 Å². The molecule has 7 heteroatoms. The van der Waals surface area contributed by atoms with Gasteiger partial charge in [0.05, 0.1) is 32.3 Å². The zero-order valence-electron chi connectivity index (χ0n) is 18.0. The molecule has 1 fully saturated rings. The standard InChI is InChI=1S/C23H30O6S/c1-16-10-12-17(13-11-16)30(24,25)29-20-9-7-5-6-8-18(20)19-14-15-21(26-2)23(28-4)22(19)27-3/h10-15,18,20H,5-9H2,1-4H3. The van der Waals surface area contributed by atoms with Crippen molar-refractivity contribution >= 4 is 10.1 Å². The Morgan fingerprint density at radius 2 is 1.47 bits per heavy atom. The van der Waals surface area contributed by atoms with Gasteiger partial charge in [0.15, 0.2) is 11.5 Å². The predicted octanol–water partition coefficient (Wildman–Crippen LogP) is 4.84. The summed E-state index contributed by atoms with van der Waals surface area (Å²) in [5.41, 5.74) is 1.87. The highest BCUT2D eigenvalue weighted by atomic mass is 32.2. The van der Waals surface area contributed by atoms with Gasteiger partial charge >= 0.3 is 0 Å². The van der Waals surface area contributed by atoms with Crippen LogP contribution in [0, 0.1) is 6.92 Å². The van der Waals surface area contributed by atoms with E-state index >= 15 is 0 Å². The first-order valence-electron chi connectivity index (χ1n) is 10.2. The Bertz CT molecular complexity index is 952. The summed E-state index contributed by atoms with van der Waals surface area (Å²) in [5, 5.41) is 0. The van der Waals surface area contributed by atoms with Gasteiger partial charge < -0.3 is 14.2 Å². The smallest absolute Gasteiger partial charge is 0.297 e. The minimum atomic E-state index is -3.88. The van der Waals surface area contributed by atoms with Crippen LogP contribution in [-0.4, -0.2) is 35.9 Å². The highest BCUT2D eigenvalue weighted by Gasteiger charge is 2.34. The summed E-state index contributed by atoms with van der Waals surface area (Å²) >= 11 is 0. The van der Waals surface area contributed by atoms with E-state index in [4.69, 9.17) is 18.4 Å². The fourth-order valence-electron chi connectivity index (χ4n) is 4.08. The number of rotatable bonds is 7. The van der Waals surface area contributed by atoms with Gasteiger partial charge in [0.2, 0.25) is 5.75 Å². The maximum absolute atomic E-state index is 13.0. The molecule has 0 N–H and O–H groups in total. The van der Waals surface area contributed by atoms with E-state index in [1.54, 1.807) is 45.6 Å². The van der Waals surface area contributed by atoms with E-state index in [0.717, 1.165) is 36.8 Å². The minimum Gasteiger partial charge on any atom is -0.493 e. The minimum absolute atomic E-state index is 0.137. The summed E-state index contributed by atoms with van der Waals surface area (Å²) in [6, 6.07) is 10.5. The number of hydrogen-bond acceptors (Lipinski definition) is 6. The van der Waals surface area contributed by atoms with Gasteiger partial charge in [-0.1, -0.05) is 43.0 Å². The van der Waals surface area contributed by atoms with Crippen LogP contribution in [0.5, 0.6) is 17.2 Å². The van der Waals surface area contributed by atoms with Crippen LogP contribution < -0.4 is 14.2 Å². The summed E-state index contributed by atoms with van der Waals surface area (Å²) in [7, 11) is 0.836. The molecule has 1 aliphatic rings. The average Bonchev–Trinajstić information content (AvgIpc) is 2.97. The lowest BCUT2D eigenvalue weighted by Crippen LogP contribution is -2.25. The Balaban J connectivity index is 1.99. The first-order valence-corrected chi connectivity index (χ1v) is 11.6. The lowest BCUT2D eigenvalue weighted by atomic mass is 9.88. The zero-order valence-corrected chi connectivity index (χ0v) is 18.8. The van der Waals surface area contributed by atoms with E-state index in [2.05, 4.69) is 0 Å². The molecule has 1 aliphatic carbocycles. The molecule has 164 valence electrons. The summed E-state index contributed by atoms with van der Waals surface area (Å²) in [6.07, 6.45) is 3.93. The Kier molecular flexibility index (Phi) is 7.26. The molecule has 0 spiro atoms. The number of methoxy groups -OCH3 is 3. The average molecular weight is 435 g/mol. The molecule has 0 radical (unpaired) electrons. The molecule has 1 saturated carbocycles. The van der Waals surface area contributed by atoms with Crippen molar-refractivity contribution in [1.82, 2.24) is 0 Å². The number of aryl methyl sites for hydroxylation is 1. The Hall–Kier alpha value is -2.25. The summed E-state index contributed by atoms with van der Waals surface area (Å²) in [5.74, 6) is 1.49. The van der Waals surface area contributed by atoms with Gasteiger partial charge in [0.25, 0.3) is 10.1 Å². The SMILES string of the molecule is COc1ccc(C2CCCCCC2OS(=O)(=O)c2ccc(C)cc2)c(OC)c1OC. The molecule has 3 rings (SSSR count). The van der Waals surface area contributed by atoms with Crippen molar-refractivity contribution in [2.24, 2.45) is 0 Å². The van der Waals surface area contributed by atoms with Crippen LogP contribution >= 0.6 is 0 Å². The molecule has 0 saturated heterocycles. The van der Waals surface area contributed by atoms with Gasteiger partial charge in [0.1, 0.15) is 0 Å². The molecule has 0 heterocycles. The van der Waals surface area contributed by atoms with Crippen molar-refractivity contribution in [1.29, 1.82) is 0 Å². The molecular formula is C23H30O6S. The van der Waals surface area contributed by atoms with Crippen molar-refractivity contribution in [2.75, 3.05) is 21.3 Å². The van der Waals surface area contributed by atoms with Crippen molar-refractivity contribution in [2.45, 2.75) is 55.9 Å². The monoisotopic (exact) mass is 434 g/mol. The van der Waals surface area contributed by atoms with Crippen molar-refractivity contribution in [3.63, 3.8) is 0 Å². The zero-order chi connectivity index (χ0) is 21.7. The maximum atomic E-state index is 13.0. The Labute approximate surface area is 179 Å². The third-order valence-corrected chi connectivity index (χ3v) is 7.00. The molecule has 0 aliphatic heterocycles. The van der Waals surface area contributed by atoms with E-state index in [-0.39, 0.29) is 10.8 Å². The molecular weight excluding hydrogens is 404 g/mol. The molecule has 2 aromatic rings. The second kappa shape index (κ2) is 9.71. The van der Waals surface area contributed by atoms with Crippen molar-refractivity contribution < 1.29 is 26.8 Å². The van der Waals surface area contributed by atoms with Crippen LogP contribution in [0.4, 0.5) is 0 Å². The highest BCUT2D eigenvalue weighted by molar-refractivity contribution is 7.86. The third-order valence-electron chi connectivity index (χ3n) is 5.65. The molecule has 0 bridgehead atoms. The van der Waals surface area contributed by atoms with Crippen LogP contribution in [-0.2, 0) is 14.3 Å². The molecule has 0 amide bonds. The van der Waals surface area contributed by atoms with E-state index < -0.39 is 16.2 Å². The van der Waals surface area contributed by atoms with Crippen molar-refractivity contribution in [3.05, 3.63) is 47.5 Å². The first kappa shape index (κ1) is 22.4. The van der Waals surface area contributed by atoms with Crippen LogP contribution in [0.1, 0.15) is 49.1 Å². The summed E-state index contributed by atoms with van der Waals surface area (Å²) in [6.45, 7) is 1.92. The van der Waals surface area contributed by atoms with Gasteiger partial charge in [-0.3, -0.25) is 4.18 Å². The van der Waals surface area contributed by atoms with Gasteiger partial charge in [-0.05, 0) is 38.0 Å². The summed E-state index contributed by atoms with van der Waals surface area (Å²) in [4.78, 5) is 0.176. The second-order valence-electron chi connectivity index (χ2n) is 7.57. The maximum Gasteiger partial charge on any atom is 0.297 e. The van der Waals surface area contributed by atoms with E-state index in [0.29, 0.717) is 23.7 Å². The Morgan fingerprint density at radius 1 is 0.800 bits per heavy atom. The second-order valence-corrected chi connectivity index (χ2v) is 9.14. The van der Waals surface area contributed by atoms with Gasteiger partial charge in [-0.2, -0.15) is 8.42 Å².